The summed E-state index contributed by atoms with van der Waals surface area (Å²) in [5, 5.41) is 0.931. The first-order chi connectivity index (χ1) is 12.1. The van der Waals surface area contributed by atoms with Crippen molar-refractivity contribution in [3.8, 4) is 0 Å². The van der Waals surface area contributed by atoms with Gasteiger partial charge in [-0.3, -0.25) is 9.78 Å². The Morgan fingerprint density at radius 2 is 1.84 bits per heavy atom. The van der Waals surface area contributed by atoms with Crippen molar-refractivity contribution < 1.29 is 4.79 Å². The number of rotatable bonds is 2. The summed E-state index contributed by atoms with van der Waals surface area (Å²) in [6.07, 6.45) is 2.04. The first kappa shape index (κ1) is 15.8. The van der Waals surface area contributed by atoms with Gasteiger partial charge >= 0.3 is 0 Å². The van der Waals surface area contributed by atoms with Crippen molar-refractivity contribution in [1.82, 2.24) is 4.98 Å². The van der Waals surface area contributed by atoms with Crippen LogP contribution in [0.4, 0.5) is 5.69 Å². The molecule has 0 bridgehead atoms. The molecule has 0 N–H and O–H groups in total. The smallest absolute Gasteiger partial charge is 0.259 e. The van der Waals surface area contributed by atoms with Gasteiger partial charge in [0.15, 0.2) is 0 Å². The summed E-state index contributed by atoms with van der Waals surface area (Å²) in [6, 6.07) is 18.1. The number of aromatic nitrogens is 1. The monoisotopic (exact) mass is 330 g/mol. The molecule has 3 heteroatoms. The van der Waals surface area contributed by atoms with Gasteiger partial charge in [0.05, 0.1) is 11.1 Å². The zero-order chi connectivity index (χ0) is 17.4. The Morgan fingerprint density at radius 1 is 1.08 bits per heavy atom. The van der Waals surface area contributed by atoms with Crippen LogP contribution in [0, 0.1) is 0 Å². The molecule has 2 aromatic carbocycles. The summed E-state index contributed by atoms with van der Waals surface area (Å²) in [7, 11) is 0. The highest BCUT2D eigenvalue weighted by atomic mass is 16.2. The fourth-order valence-electron chi connectivity index (χ4n) is 3.56. The molecule has 4 rings (SSSR count). The minimum atomic E-state index is 0.0765. The van der Waals surface area contributed by atoms with E-state index in [2.05, 4.69) is 26.0 Å². The van der Waals surface area contributed by atoms with E-state index in [-0.39, 0.29) is 11.8 Å². The maximum Gasteiger partial charge on any atom is 0.259 e. The van der Waals surface area contributed by atoms with E-state index in [4.69, 9.17) is 4.98 Å². The molecule has 1 aliphatic rings. The van der Waals surface area contributed by atoms with Crippen molar-refractivity contribution in [2.24, 2.45) is 0 Å². The first-order valence-corrected chi connectivity index (χ1v) is 8.94. The number of nitrogens with zero attached hydrogens (tertiary/aromatic N) is 2. The number of anilines is 1. The molecule has 0 aliphatic carbocycles. The van der Waals surface area contributed by atoms with E-state index < -0.39 is 0 Å². The molecule has 3 nitrogen and oxygen atoms in total. The SMILES string of the molecule is CC(C)c1cc(C(=O)N2CCCc3ccccc32)c2ccccc2n1. The van der Waals surface area contributed by atoms with Crippen molar-refractivity contribution in [2.75, 3.05) is 11.4 Å². The molecule has 1 aromatic heterocycles. The Morgan fingerprint density at radius 3 is 2.68 bits per heavy atom. The summed E-state index contributed by atoms with van der Waals surface area (Å²) in [4.78, 5) is 20.1. The minimum Gasteiger partial charge on any atom is -0.308 e. The number of para-hydroxylation sites is 2. The predicted molar refractivity (Wildman–Crippen MR) is 102 cm³/mol. The average molecular weight is 330 g/mol. The van der Waals surface area contributed by atoms with Crippen LogP contribution in [0.25, 0.3) is 10.9 Å². The molecule has 2 heterocycles. The quantitative estimate of drug-likeness (QED) is 0.666. The molecule has 25 heavy (non-hydrogen) atoms. The van der Waals surface area contributed by atoms with E-state index in [1.54, 1.807) is 0 Å². The molecule has 0 saturated carbocycles. The second-order valence-electron chi connectivity index (χ2n) is 6.96. The van der Waals surface area contributed by atoms with Gasteiger partial charge in [-0.1, -0.05) is 50.2 Å². The Labute approximate surface area is 148 Å². The van der Waals surface area contributed by atoms with Gasteiger partial charge in [-0.05, 0) is 42.5 Å². The molecule has 0 radical (unpaired) electrons. The fraction of sp³-hybridized carbons (Fsp3) is 0.273. The second-order valence-corrected chi connectivity index (χ2v) is 6.96. The number of carbonyl (C=O) groups excluding carboxylic acids is 1. The van der Waals surface area contributed by atoms with E-state index in [0.717, 1.165) is 47.2 Å². The van der Waals surface area contributed by atoms with Gasteiger partial charge in [0.2, 0.25) is 0 Å². The lowest BCUT2D eigenvalue weighted by Gasteiger charge is -2.30. The number of aryl methyl sites for hydroxylation is 1. The topological polar surface area (TPSA) is 33.2 Å². The van der Waals surface area contributed by atoms with Gasteiger partial charge in [0, 0.05) is 23.3 Å². The van der Waals surface area contributed by atoms with Crippen molar-refractivity contribution in [3.63, 3.8) is 0 Å². The van der Waals surface area contributed by atoms with Crippen LogP contribution in [-0.4, -0.2) is 17.4 Å². The van der Waals surface area contributed by atoms with Crippen molar-refractivity contribution in [2.45, 2.75) is 32.6 Å². The third kappa shape index (κ3) is 2.80. The highest BCUT2D eigenvalue weighted by Crippen LogP contribution is 2.30. The highest BCUT2D eigenvalue weighted by Gasteiger charge is 2.25. The second kappa shape index (κ2) is 6.32. The maximum absolute atomic E-state index is 13.4. The lowest BCUT2D eigenvalue weighted by Crippen LogP contribution is -2.35. The average Bonchev–Trinajstić information content (AvgIpc) is 2.66. The normalized spacial score (nSPS) is 14.0. The van der Waals surface area contributed by atoms with Gasteiger partial charge in [-0.25, -0.2) is 0 Å². The third-order valence-electron chi connectivity index (χ3n) is 4.91. The number of fused-ring (bicyclic) bond motifs is 2. The molecule has 0 fully saturated rings. The lowest BCUT2D eigenvalue weighted by atomic mass is 9.98. The standard InChI is InChI=1S/C22H22N2O/c1-15(2)20-14-18(17-10-4-5-11-19(17)23-20)22(25)24-13-7-9-16-8-3-6-12-21(16)24/h3-6,8,10-12,14-15H,7,9,13H2,1-2H3. The van der Waals surface area contributed by atoms with Gasteiger partial charge in [-0.2, -0.15) is 0 Å². The Balaban J connectivity index is 1.86. The summed E-state index contributed by atoms with van der Waals surface area (Å²) >= 11 is 0. The molecule has 1 amide bonds. The number of hydrogen-bond donors (Lipinski definition) is 0. The van der Waals surface area contributed by atoms with Gasteiger partial charge in [-0.15, -0.1) is 0 Å². The van der Waals surface area contributed by atoms with Crippen LogP contribution < -0.4 is 4.90 Å². The number of benzene rings is 2. The first-order valence-electron chi connectivity index (χ1n) is 8.94. The number of carbonyl (C=O) groups is 1. The fourth-order valence-corrected chi connectivity index (χ4v) is 3.56. The van der Waals surface area contributed by atoms with Crippen LogP contribution in [0.3, 0.4) is 0 Å². The molecule has 0 atom stereocenters. The number of pyridine rings is 1. The van der Waals surface area contributed by atoms with Gasteiger partial charge < -0.3 is 4.90 Å². The lowest BCUT2D eigenvalue weighted by molar-refractivity contribution is 0.0986. The van der Waals surface area contributed by atoms with Crippen LogP contribution >= 0.6 is 0 Å². The highest BCUT2D eigenvalue weighted by molar-refractivity contribution is 6.14. The Kier molecular flexibility index (Phi) is 4.00. The van der Waals surface area contributed by atoms with Gasteiger partial charge in [0.25, 0.3) is 5.91 Å². The van der Waals surface area contributed by atoms with E-state index >= 15 is 0 Å². The predicted octanol–water partition coefficient (Wildman–Crippen LogP) is 4.95. The van der Waals surface area contributed by atoms with Gasteiger partial charge in [0.1, 0.15) is 0 Å². The molecular weight excluding hydrogens is 308 g/mol. The summed E-state index contributed by atoms with van der Waals surface area (Å²) in [6.45, 7) is 4.99. The van der Waals surface area contributed by atoms with Crippen LogP contribution in [0.1, 0.15) is 47.8 Å². The largest absolute Gasteiger partial charge is 0.308 e. The molecule has 0 spiro atoms. The van der Waals surface area contributed by atoms with Crippen molar-refractivity contribution in [3.05, 3.63) is 71.4 Å². The molecule has 0 saturated heterocycles. The van der Waals surface area contributed by atoms with Crippen LogP contribution in [0.15, 0.2) is 54.6 Å². The third-order valence-corrected chi connectivity index (χ3v) is 4.91. The van der Waals surface area contributed by atoms with E-state index in [0.29, 0.717) is 0 Å². The summed E-state index contributed by atoms with van der Waals surface area (Å²) in [5.74, 6) is 0.359. The molecular formula is C22H22N2O. The van der Waals surface area contributed by atoms with E-state index in [1.807, 2.05) is 47.4 Å². The molecule has 126 valence electrons. The molecule has 3 aromatic rings. The Hall–Kier alpha value is -2.68. The van der Waals surface area contributed by atoms with Crippen LogP contribution in [-0.2, 0) is 6.42 Å². The Bertz CT molecular complexity index is 946. The number of hydrogen-bond acceptors (Lipinski definition) is 2. The summed E-state index contributed by atoms with van der Waals surface area (Å²) < 4.78 is 0. The number of amides is 1. The van der Waals surface area contributed by atoms with E-state index in [9.17, 15) is 4.79 Å². The van der Waals surface area contributed by atoms with Crippen molar-refractivity contribution >= 4 is 22.5 Å². The zero-order valence-electron chi connectivity index (χ0n) is 14.7. The zero-order valence-corrected chi connectivity index (χ0v) is 14.7. The molecule has 0 unspecified atom stereocenters. The maximum atomic E-state index is 13.4. The summed E-state index contributed by atoms with van der Waals surface area (Å²) in [5.41, 5.74) is 4.91. The van der Waals surface area contributed by atoms with Crippen LogP contribution in [0.2, 0.25) is 0 Å². The van der Waals surface area contributed by atoms with Crippen LogP contribution in [0.5, 0.6) is 0 Å². The minimum absolute atomic E-state index is 0.0765. The van der Waals surface area contributed by atoms with Crippen molar-refractivity contribution in [1.29, 1.82) is 0 Å². The van der Waals surface area contributed by atoms with E-state index in [1.165, 1.54) is 5.56 Å². The molecule has 1 aliphatic heterocycles.